The summed E-state index contributed by atoms with van der Waals surface area (Å²) in [6.45, 7) is 7.67. The van der Waals surface area contributed by atoms with E-state index in [1.165, 1.54) is 12.8 Å². The molecular formula is C16H25N3O2. The van der Waals surface area contributed by atoms with Crippen LogP contribution in [0.15, 0.2) is 24.3 Å². The van der Waals surface area contributed by atoms with Crippen molar-refractivity contribution in [1.29, 1.82) is 0 Å². The molecule has 1 saturated heterocycles. The van der Waals surface area contributed by atoms with E-state index in [0.717, 1.165) is 31.6 Å². The number of nitro benzene ring substituents is 1. The summed E-state index contributed by atoms with van der Waals surface area (Å²) in [5.41, 5.74) is 1.32. The third-order valence-corrected chi connectivity index (χ3v) is 4.18. The lowest BCUT2D eigenvalue weighted by Gasteiger charge is -2.29. The molecule has 1 atom stereocenters. The number of nitrogens with zero attached hydrogens (tertiary/aromatic N) is 2. The normalized spacial score (nSPS) is 18.6. The number of nitrogens with one attached hydrogen (secondary N) is 1. The standard InChI is InChI=1S/C16H25N3O2/c1-13(2)18(12-15-4-3-10-17-15)11-9-14-5-7-16(8-6-14)19(20)21/h5-8,13,15,17H,3-4,9-12H2,1-2H3. The van der Waals surface area contributed by atoms with Crippen LogP contribution in [0.5, 0.6) is 0 Å². The van der Waals surface area contributed by atoms with Gasteiger partial charge in [0.15, 0.2) is 0 Å². The summed E-state index contributed by atoms with van der Waals surface area (Å²) in [4.78, 5) is 12.8. The first-order chi connectivity index (χ1) is 10.1. The molecule has 1 aromatic rings. The minimum Gasteiger partial charge on any atom is -0.313 e. The Morgan fingerprint density at radius 1 is 1.38 bits per heavy atom. The molecule has 0 radical (unpaired) electrons. The largest absolute Gasteiger partial charge is 0.313 e. The number of nitro groups is 1. The number of hydrogen-bond donors (Lipinski definition) is 1. The van der Waals surface area contributed by atoms with Crippen LogP contribution >= 0.6 is 0 Å². The van der Waals surface area contributed by atoms with Crippen molar-refractivity contribution < 1.29 is 4.92 Å². The molecule has 1 fully saturated rings. The molecule has 0 spiro atoms. The summed E-state index contributed by atoms with van der Waals surface area (Å²) < 4.78 is 0. The average Bonchev–Trinajstić information content (AvgIpc) is 2.96. The zero-order valence-corrected chi connectivity index (χ0v) is 12.9. The molecule has 0 saturated carbocycles. The van der Waals surface area contributed by atoms with Gasteiger partial charge in [-0.05, 0) is 45.2 Å². The van der Waals surface area contributed by atoms with Gasteiger partial charge in [0.25, 0.3) is 5.69 Å². The van der Waals surface area contributed by atoms with E-state index < -0.39 is 0 Å². The molecular weight excluding hydrogens is 266 g/mol. The van der Waals surface area contributed by atoms with Crippen molar-refractivity contribution in [1.82, 2.24) is 10.2 Å². The fourth-order valence-corrected chi connectivity index (χ4v) is 2.81. The third-order valence-electron chi connectivity index (χ3n) is 4.18. The lowest BCUT2D eigenvalue weighted by molar-refractivity contribution is -0.384. The maximum Gasteiger partial charge on any atom is 0.269 e. The highest BCUT2D eigenvalue weighted by atomic mass is 16.6. The van der Waals surface area contributed by atoms with Crippen LogP contribution in [-0.4, -0.2) is 41.5 Å². The van der Waals surface area contributed by atoms with Gasteiger partial charge in [-0.1, -0.05) is 12.1 Å². The second kappa shape index (κ2) is 7.52. The van der Waals surface area contributed by atoms with Crippen molar-refractivity contribution in [2.24, 2.45) is 0 Å². The summed E-state index contributed by atoms with van der Waals surface area (Å²) in [7, 11) is 0. The van der Waals surface area contributed by atoms with Crippen molar-refractivity contribution in [3.8, 4) is 0 Å². The van der Waals surface area contributed by atoms with Gasteiger partial charge in [-0.25, -0.2) is 0 Å². The van der Waals surface area contributed by atoms with Crippen LogP contribution in [0.3, 0.4) is 0 Å². The van der Waals surface area contributed by atoms with Crippen molar-refractivity contribution in [3.05, 3.63) is 39.9 Å². The molecule has 1 heterocycles. The van der Waals surface area contributed by atoms with Crippen LogP contribution in [0.1, 0.15) is 32.3 Å². The third kappa shape index (κ3) is 4.79. The first-order valence-corrected chi connectivity index (χ1v) is 7.77. The van der Waals surface area contributed by atoms with Crippen molar-refractivity contribution in [3.63, 3.8) is 0 Å². The quantitative estimate of drug-likeness (QED) is 0.619. The van der Waals surface area contributed by atoms with E-state index in [0.29, 0.717) is 12.1 Å². The number of hydrogen-bond acceptors (Lipinski definition) is 4. The Kier molecular flexibility index (Phi) is 5.70. The summed E-state index contributed by atoms with van der Waals surface area (Å²) in [6, 6.07) is 8.05. The molecule has 116 valence electrons. The second-order valence-electron chi connectivity index (χ2n) is 6.06. The minimum absolute atomic E-state index is 0.162. The number of non-ortho nitro benzene ring substituents is 1. The van der Waals surface area contributed by atoms with E-state index in [4.69, 9.17) is 0 Å². The lowest BCUT2D eigenvalue weighted by Crippen LogP contribution is -2.42. The maximum absolute atomic E-state index is 10.7. The Hall–Kier alpha value is -1.46. The predicted molar refractivity (Wildman–Crippen MR) is 84.5 cm³/mol. The molecule has 1 aromatic carbocycles. The average molecular weight is 291 g/mol. The summed E-state index contributed by atoms with van der Waals surface area (Å²) >= 11 is 0. The summed E-state index contributed by atoms with van der Waals surface area (Å²) in [5, 5.41) is 14.2. The van der Waals surface area contributed by atoms with Gasteiger partial charge < -0.3 is 5.32 Å². The predicted octanol–water partition coefficient (Wildman–Crippen LogP) is 2.60. The second-order valence-corrected chi connectivity index (χ2v) is 6.06. The SMILES string of the molecule is CC(C)N(CCc1ccc([N+](=O)[O-])cc1)CC1CCCN1. The van der Waals surface area contributed by atoms with Gasteiger partial charge in [0.1, 0.15) is 0 Å². The Morgan fingerprint density at radius 3 is 2.62 bits per heavy atom. The lowest BCUT2D eigenvalue weighted by atomic mass is 10.1. The maximum atomic E-state index is 10.7. The van der Waals surface area contributed by atoms with Gasteiger partial charge in [0, 0.05) is 37.3 Å². The Bertz CT molecular complexity index is 453. The molecule has 1 aliphatic heterocycles. The highest BCUT2D eigenvalue weighted by Gasteiger charge is 2.19. The first kappa shape index (κ1) is 15.9. The van der Waals surface area contributed by atoms with Crippen LogP contribution in [0.4, 0.5) is 5.69 Å². The molecule has 0 bridgehead atoms. The molecule has 0 aliphatic carbocycles. The van der Waals surface area contributed by atoms with E-state index in [2.05, 4.69) is 24.1 Å². The van der Waals surface area contributed by atoms with E-state index in [1.807, 2.05) is 12.1 Å². The Balaban J connectivity index is 1.87. The van der Waals surface area contributed by atoms with Gasteiger partial charge >= 0.3 is 0 Å². The van der Waals surface area contributed by atoms with E-state index >= 15 is 0 Å². The first-order valence-electron chi connectivity index (χ1n) is 7.77. The van der Waals surface area contributed by atoms with Crippen molar-refractivity contribution in [2.45, 2.75) is 45.2 Å². The molecule has 1 unspecified atom stereocenters. The van der Waals surface area contributed by atoms with Crippen LogP contribution < -0.4 is 5.32 Å². The molecule has 21 heavy (non-hydrogen) atoms. The smallest absolute Gasteiger partial charge is 0.269 e. The zero-order chi connectivity index (χ0) is 15.2. The molecule has 0 amide bonds. The number of benzene rings is 1. The highest BCUT2D eigenvalue weighted by molar-refractivity contribution is 5.32. The fraction of sp³-hybridized carbons (Fsp3) is 0.625. The topological polar surface area (TPSA) is 58.4 Å². The summed E-state index contributed by atoms with van der Waals surface area (Å²) in [6.07, 6.45) is 3.47. The van der Waals surface area contributed by atoms with E-state index in [1.54, 1.807) is 12.1 Å². The van der Waals surface area contributed by atoms with Crippen LogP contribution in [0.2, 0.25) is 0 Å². The molecule has 0 aromatic heterocycles. The van der Waals surface area contributed by atoms with Crippen molar-refractivity contribution in [2.75, 3.05) is 19.6 Å². The van der Waals surface area contributed by atoms with Gasteiger partial charge in [0.05, 0.1) is 4.92 Å². The number of rotatable bonds is 7. The van der Waals surface area contributed by atoms with Crippen LogP contribution in [-0.2, 0) is 6.42 Å². The monoisotopic (exact) mass is 291 g/mol. The molecule has 1 aliphatic rings. The summed E-state index contributed by atoms with van der Waals surface area (Å²) in [5.74, 6) is 0. The van der Waals surface area contributed by atoms with Gasteiger partial charge in [-0.2, -0.15) is 0 Å². The Labute approximate surface area is 126 Å². The minimum atomic E-state index is -0.351. The van der Waals surface area contributed by atoms with Crippen LogP contribution in [0, 0.1) is 10.1 Å². The fourth-order valence-electron chi connectivity index (χ4n) is 2.81. The van der Waals surface area contributed by atoms with E-state index in [-0.39, 0.29) is 10.6 Å². The molecule has 2 rings (SSSR count). The van der Waals surface area contributed by atoms with Gasteiger partial charge in [0.2, 0.25) is 0 Å². The van der Waals surface area contributed by atoms with Crippen molar-refractivity contribution >= 4 is 5.69 Å². The molecule has 5 nitrogen and oxygen atoms in total. The van der Waals surface area contributed by atoms with Gasteiger partial charge in [-0.15, -0.1) is 0 Å². The van der Waals surface area contributed by atoms with Gasteiger partial charge in [-0.3, -0.25) is 15.0 Å². The molecule has 1 N–H and O–H groups in total. The van der Waals surface area contributed by atoms with E-state index in [9.17, 15) is 10.1 Å². The highest BCUT2D eigenvalue weighted by Crippen LogP contribution is 2.14. The molecule has 5 heteroatoms. The zero-order valence-electron chi connectivity index (χ0n) is 12.9. The Morgan fingerprint density at radius 2 is 2.10 bits per heavy atom. The van der Waals surface area contributed by atoms with Crippen LogP contribution in [0.25, 0.3) is 0 Å².